The number of carbonyl (C=O) groups excluding carboxylic acids is 1. The largest absolute Gasteiger partial charge is 0.508 e. The average molecular weight is 348 g/mol. The molecule has 0 bridgehead atoms. The molecule has 0 aliphatic heterocycles. The van der Waals surface area contributed by atoms with Gasteiger partial charge in [0.2, 0.25) is 5.78 Å². The Morgan fingerprint density at radius 1 is 1.12 bits per heavy atom. The number of ketones is 1. The van der Waals surface area contributed by atoms with E-state index in [-0.39, 0.29) is 34.0 Å². The fourth-order valence-corrected chi connectivity index (χ4v) is 2.71. The van der Waals surface area contributed by atoms with Gasteiger partial charge in [0.05, 0.1) is 11.1 Å². The molecule has 0 radical (unpaired) electrons. The van der Waals surface area contributed by atoms with E-state index in [0.717, 1.165) is 6.07 Å². The normalized spacial score (nSPS) is 12.1. The van der Waals surface area contributed by atoms with Crippen LogP contribution < -0.4 is 0 Å². The number of rotatable bonds is 3. The van der Waals surface area contributed by atoms with Crippen LogP contribution in [0.25, 0.3) is 10.9 Å². The predicted molar refractivity (Wildman–Crippen MR) is 86.7 cm³/mol. The second-order valence-electron chi connectivity index (χ2n) is 5.96. The van der Waals surface area contributed by atoms with E-state index in [1.807, 2.05) is 0 Å². The molecule has 130 valence electrons. The smallest absolute Gasteiger partial charge is 0.418 e. The standard InChI is InChI=1S/C18H15F3N2O2/c1-10(2)23-16-13(4-3-5-14(16)18(19,20)21)15(22-23)17(25)11-6-8-12(24)9-7-11/h3-10,24H,1-2H3. The molecule has 0 fully saturated rings. The van der Waals surface area contributed by atoms with E-state index in [1.54, 1.807) is 13.8 Å². The summed E-state index contributed by atoms with van der Waals surface area (Å²) in [5.74, 6) is -0.503. The molecular weight excluding hydrogens is 333 g/mol. The molecule has 0 aliphatic carbocycles. The van der Waals surface area contributed by atoms with Gasteiger partial charge in [0.1, 0.15) is 11.4 Å². The fraction of sp³-hybridized carbons (Fsp3) is 0.222. The third-order valence-corrected chi connectivity index (χ3v) is 3.87. The number of carbonyl (C=O) groups is 1. The predicted octanol–water partition coefficient (Wildman–Crippen LogP) is 4.57. The molecule has 3 aromatic rings. The molecule has 0 saturated heterocycles. The number of aromatic nitrogens is 2. The van der Waals surface area contributed by atoms with Crippen molar-refractivity contribution in [2.24, 2.45) is 0 Å². The van der Waals surface area contributed by atoms with E-state index in [1.165, 1.54) is 41.1 Å². The van der Waals surface area contributed by atoms with Crippen molar-refractivity contribution in [3.05, 3.63) is 59.3 Å². The summed E-state index contributed by atoms with van der Waals surface area (Å²) in [4.78, 5) is 12.7. The van der Waals surface area contributed by atoms with Gasteiger partial charge in [-0.25, -0.2) is 0 Å². The van der Waals surface area contributed by atoms with Crippen LogP contribution in [0.15, 0.2) is 42.5 Å². The van der Waals surface area contributed by atoms with E-state index in [2.05, 4.69) is 5.10 Å². The van der Waals surface area contributed by atoms with Crippen LogP contribution in [0.4, 0.5) is 13.2 Å². The molecule has 4 nitrogen and oxygen atoms in total. The number of para-hydroxylation sites is 1. The minimum Gasteiger partial charge on any atom is -0.508 e. The molecule has 0 saturated carbocycles. The molecule has 0 aliphatic rings. The van der Waals surface area contributed by atoms with Gasteiger partial charge in [0, 0.05) is 17.0 Å². The maximum atomic E-state index is 13.4. The number of hydrogen-bond donors (Lipinski definition) is 1. The van der Waals surface area contributed by atoms with Crippen LogP contribution in [0, 0.1) is 0 Å². The summed E-state index contributed by atoms with van der Waals surface area (Å²) >= 11 is 0. The van der Waals surface area contributed by atoms with Gasteiger partial charge in [0.15, 0.2) is 0 Å². The maximum absolute atomic E-state index is 13.4. The Bertz CT molecular complexity index is 941. The Morgan fingerprint density at radius 2 is 1.76 bits per heavy atom. The maximum Gasteiger partial charge on any atom is 0.418 e. The molecule has 0 unspecified atom stereocenters. The zero-order valence-electron chi connectivity index (χ0n) is 13.5. The first kappa shape index (κ1) is 17.0. The van der Waals surface area contributed by atoms with E-state index < -0.39 is 17.5 Å². The summed E-state index contributed by atoms with van der Waals surface area (Å²) < 4.78 is 41.4. The first-order valence-electron chi connectivity index (χ1n) is 7.62. The summed E-state index contributed by atoms with van der Waals surface area (Å²) in [5, 5.41) is 13.6. The quantitative estimate of drug-likeness (QED) is 0.705. The lowest BCUT2D eigenvalue weighted by Gasteiger charge is -2.12. The third-order valence-electron chi connectivity index (χ3n) is 3.87. The van der Waals surface area contributed by atoms with Crippen molar-refractivity contribution >= 4 is 16.7 Å². The fourth-order valence-electron chi connectivity index (χ4n) is 2.71. The number of fused-ring (bicyclic) bond motifs is 1. The highest BCUT2D eigenvalue weighted by Gasteiger charge is 2.35. The first-order chi connectivity index (χ1) is 11.7. The number of aromatic hydroxyl groups is 1. The molecule has 1 aromatic heterocycles. The van der Waals surface area contributed by atoms with Crippen LogP contribution >= 0.6 is 0 Å². The second-order valence-corrected chi connectivity index (χ2v) is 5.96. The number of phenolic OH excluding ortho intramolecular Hbond substituents is 1. The van der Waals surface area contributed by atoms with Crippen molar-refractivity contribution in [1.82, 2.24) is 9.78 Å². The van der Waals surface area contributed by atoms with Crippen molar-refractivity contribution < 1.29 is 23.1 Å². The summed E-state index contributed by atoms with van der Waals surface area (Å²) in [5.41, 5.74) is -0.728. The lowest BCUT2D eigenvalue weighted by molar-refractivity contribution is -0.136. The highest BCUT2D eigenvalue weighted by Crippen LogP contribution is 2.37. The Balaban J connectivity index is 2.27. The summed E-state index contributed by atoms with van der Waals surface area (Å²) in [6.45, 7) is 3.41. The van der Waals surface area contributed by atoms with E-state index in [9.17, 15) is 23.1 Å². The van der Waals surface area contributed by atoms with E-state index in [4.69, 9.17) is 0 Å². The van der Waals surface area contributed by atoms with Gasteiger partial charge < -0.3 is 5.11 Å². The van der Waals surface area contributed by atoms with Crippen LogP contribution in [0.2, 0.25) is 0 Å². The van der Waals surface area contributed by atoms with Crippen molar-refractivity contribution in [3.63, 3.8) is 0 Å². The van der Waals surface area contributed by atoms with Crippen molar-refractivity contribution in [1.29, 1.82) is 0 Å². The molecule has 1 N–H and O–H groups in total. The van der Waals surface area contributed by atoms with Gasteiger partial charge in [-0.2, -0.15) is 18.3 Å². The number of nitrogens with zero attached hydrogens (tertiary/aromatic N) is 2. The van der Waals surface area contributed by atoms with Crippen LogP contribution in [-0.2, 0) is 6.18 Å². The van der Waals surface area contributed by atoms with Crippen LogP contribution in [0.3, 0.4) is 0 Å². The Morgan fingerprint density at radius 3 is 2.32 bits per heavy atom. The number of phenols is 1. The lowest BCUT2D eigenvalue weighted by Crippen LogP contribution is -2.11. The molecule has 0 spiro atoms. The number of hydrogen-bond acceptors (Lipinski definition) is 3. The first-order valence-corrected chi connectivity index (χ1v) is 7.62. The molecule has 25 heavy (non-hydrogen) atoms. The summed E-state index contributed by atoms with van der Waals surface area (Å²) in [6.07, 6.45) is -4.55. The molecule has 0 amide bonds. The minimum atomic E-state index is -4.55. The van der Waals surface area contributed by atoms with Gasteiger partial charge >= 0.3 is 6.18 Å². The van der Waals surface area contributed by atoms with Crippen LogP contribution in [-0.4, -0.2) is 20.7 Å². The Hall–Kier alpha value is -2.83. The summed E-state index contributed by atoms with van der Waals surface area (Å²) in [6, 6.07) is 8.86. The molecule has 0 atom stereocenters. The topological polar surface area (TPSA) is 55.1 Å². The Kier molecular flexibility index (Phi) is 4.02. The molecular formula is C18H15F3N2O2. The zero-order chi connectivity index (χ0) is 18.4. The van der Waals surface area contributed by atoms with Crippen LogP contribution in [0.1, 0.15) is 41.5 Å². The average Bonchev–Trinajstić information content (AvgIpc) is 2.93. The van der Waals surface area contributed by atoms with Gasteiger partial charge in [-0.05, 0) is 44.2 Å². The molecule has 2 aromatic carbocycles. The van der Waals surface area contributed by atoms with E-state index in [0.29, 0.717) is 0 Å². The number of halogens is 3. The second kappa shape index (κ2) is 5.91. The molecule has 3 rings (SSSR count). The molecule has 1 heterocycles. The SMILES string of the molecule is CC(C)n1nc(C(=O)c2ccc(O)cc2)c2cccc(C(F)(F)F)c21. The Labute approximate surface area is 141 Å². The zero-order valence-corrected chi connectivity index (χ0v) is 13.5. The minimum absolute atomic E-state index is 0.00604. The van der Waals surface area contributed by atoms with Crippen molar-refractivity contribution in [3.8, 4) is 5.75 Å². The monoisotopic (exact) mass is 348 g/mol. The number of alkyl halides is 3. The molecule has 7 heteroatoms. The number of benzene rings is 2. The van der Waals surface area contributed by atoms with Gasteiger partial charge in [-0.15, -0.1) is 0 Å². The summed E-state index contributed by atoms with van der Waals surface area (Å²) in [7, 11) is 0. The van der Waals surface area contributed by atoms with E-state index >= 15 is 0 Å². The van der Waals surface area contributed by atoms with Gasteiger partial charge in [-0.3, -0.25) is 9.48 Å². The highest BCUT2D eigenvalue weighted by atomic mass is 19.4. The van der Waals surface area contributed by atoms with Gasteiger partial charge in [-0.1, -0.05) is 12.1 Å². The van der Waals surface area contributed by atoms with Gasteiger partial charge in [0.25, 0.3) is 0 Å². The van der Waals surface area contributed by atoms with Crippen LogP contribution in [0.5, 0.6) is 5.75 Å². The van der Waals surface area contributed by atoms with Crippen molar-refractivity contribution in [2.75, 3.05) is 0 Å². The highest BCUT2D eigenvalue weighted by molar-refractivity contribution is 6.15. The van der Waals surface area contributed by atoms with Crippen molar-refractivity contribution in [2.45, 2.75) is 26.1 Å². The third kappa shape index (κ3) is 2.97. The lowest BCUT2D eigenvalue weighted by atomic mass is 10.0.